The molecule has 1 N–H and O–H groups in total. The molecule has 7 nitrogen and oxygen atoms in total. The quantitative estimate of drug-likeness (QED) is 0.865. The molecule has 7 heteroatoms. The van der Waals surface area contributed by atoms with E-state index in [2.05, 4.69) is 11.1 Å². The Balaban J connectivity index is 2.51. The van der Waals surface area contributed by atoms with Crippen molar-refractivity contribution in [2.45, 2.75) is 27.2 Å². The van der Waals surface area contributed by atoms with Crippen LogP contribution >= 0.6 is 0 Å². The third kappa shape index (κ3) is 4.04. The average Bonchev–Trinajstić information content (AvgIpc) is 2.55. The van der Waals surface area contributed by atoms with E-state index in [4.69, 9.17) is 10.00 Å². The zero-order valence-electron chi connectivity index (χ0n) is 14.3. The third-order valence-electron chi connectivity index (χ3n) is 3.72. The SMILES string of the molecule is Cc1nc(OCCC(C)(C)C#N)n(-c2ccccc2)c(=O)c1C(=O)O. The van der Waals surface area contributed by atoms with E-state index >= 15 is 0 Å². The molecule has 0 aliphatic heterocycles. The Hall–Kier alpha value is -3.14. The van der Waals surface area contributed by atoms with Crippen LogP contribution in [0.4, 0.5) is 0 Å². The van der Waals surface area contributed by atoms with Gasteiger partial charge in [-0.05, 0) is 39.3 Å². The summed E-state index contributed by atoms with van der Waals surface area (Å²) >= 11 is 0. The molecule has 0 amide bonds. The first-order valence-electron chi connectivity index (χ1n) is 7.73. The summed E-state index contributed by atoms with van der Waals surface area (Å²) in [7, 11) is 0. The van der Waals surface area contributed by atoms with Crippen LogP contribution in [0.2, 0.25) is 0 Å². The van der Waals surface area contributed by atoms with E-state index in [1.165, 1.54) is 6.92 Å². The Morgan fingerprint density at radius 1 is 1.36 bits per heavy atom. The highest BCUT2D eigenvalue weighted by Gasteiger charge is 2.22. The number of ether oxygens (including phenoxy) is 1. The molecule has 0 radical (unpaired) electrons. The predicted octanol–water partition coefficient (Wildman–Crippen LogP) is 2.56. The monoisotopic (exact) mass is 341 g/mol. The lowest BCUT2D eigenvalue weighted by atomic mass is 9.92. The molecule has 0 atom stereocenters. The molecule has 130 valence electrons. The van der Waals surface area contributed by atoms with Crippen molar-refractivity contribution in [3.63, 3.8) is 0 Å². The molecule has 0 unspecified atom stereocenters. The van der Waals surface area contributed by atoms with Gasteiger partial charge in [-0.15, -0.1) is 0 Å². The summed E-state index contributed by atoms with van der Waals surface area (Å²) in [4.78, 5) is 28.2. The van der Waals surface area contributed by atoms with Crippen molar-refractivity contribution in [1.82, 2.24) is 9.55 Å². The first-order valence-corrected chi connectivity index (χ1v) is 7.73. The number of hydrogen-bond acceptors (Lipinski definition) is 5. The first kappa shape index (κ1) is 18.2. The van der Waals surface area contributed by atoms with E-state index in [0.717, 1.165) is 4.57 Å². The highest BCUT2D eigenvalue weighted by molar-refractivity contribution is 5.88. The number of aromatic carboxylic acids is 1. The van der Waals surface area contributed by atoms with Crippen LogP contribution in [-0.4, -0.2) is 27.2 Å². The molecular weight excluding hydrogens is 322 g/mol. The van der Waals surface area contributed by atoms with Crippen LogP contribution in [0.3, 0.4) is 0 Å². The lowest BCUT2D eigenvalue weighted by molar-refractivity contribution is 0.0692. The van der Waals surface area contributed by atoms with Crippen LogP contribution in [0, 0.1) is 23.7 Å². The molecule has 0 saturated heterocycles. The summed E-state index contributed by atoms with van der Waals surface area (Å²) in [5, 5.41) is 18.4. The molecule has 25 heavy (non-hydrogen) atoms. The van der Waals surface area contributed by atoms with E-state index in [-0.39, 0.29) is 18.3 Å². The fourth-order valence-corrected chi connectivity index (χ4v) is 2.20. The topological polar surface area (TPSA) is 105 Å². The van der Waals surface area contributed by atoms with Crippen LogP contribution in [-0.2, 0) is 0 Å². The number of nitrogens with zero attached hydrogens (tertiary/aromatic N) is 3. The minimum Gasteiger partial charge on any atom is -0.477 e. The normalized spacial score (nSPS) is 11.0. The second kappa shape index (κ2) is 7.18. The van der Waals surface area contributed by atoms with E-state index in [1.54, 1.807) is 44.2 Å². The summed E-state index contributed by atoms with van der Waals surface area (Å²) in [5.74, 6) is -1.34. The summed E-state index contributed by atoms with van der Waals surface area (Å²) in [6.07, 6.45) is 0.438. The molecule has 0 bridgehead atoms. The fraction of sp³-hybridized carbons (Fsp3) is 0.333. The molecule has 1 heterocycles. The highest BCUT2D eigenvalue weighted by atomic mass is 16.5. The largest absolute Gasteiger partial charge is 0.477 e. The fourth-order valence-electron chi connectivity index (χ4n) is 2.20. The van der Waals surface area contributed by atoms with Crippen molar-refractivity contribution >= 4 is 5.97 Å². The number of nitriles is 1. The van der Waals surface area contributed by atoms with Crippen LogP contribution in [0.25, 0.3) is 5.69 Å². The van der Waals surface area contributed by atoms with Crippen LogP contribution < -0.4 is 10.3 Å². The van der Waals surface area contributed by atoms with Gasteiger partial charge in [-0.2, -0.15) is 5.26 Å². The lowest BCUT2D eigenvalue weighted by Gasteiger charge is -2.18. The zero-order valence-corrected chi connectivity index (χ0v) is 14.3. The number of carboxylic acid groups (broad SMARTS) is 1. The van der Waals surface area contributed by atoms with E-state index in [9.17, 15) is 14.7 Å². The number of carboxylic acids is 1. The minimum absolute atomic E-state index is 0.00689. The Labute approximate surface area is 145 Å². The number of hydrogen-bond donors (Lipinski definition) is 1. The van der Waals surface area contributed by atoms with Crippen LogP contribution in [0.5, 0.6) is 6.01 Å². The maximum absolute atomic E-state index is 12.7. The standard InChI is InChI=1S/C18H19N3O4/c1-12-14(16(23)24)15(22)21(13-7-5-4-6-8-13)17(20-12)25-10-9-18(2,3)11-19/h4-8H,9-10H2,1-3H3,(H,23,24). The maximum atomic E-state index is 12.7. The third-order valence-corrected chi connectivity index (χ3v) is 3.72. The van der Waals surface area contributed by atoms with Crippen molar-refractivity contribution in [1.29, 1.82) is 5.26 Å². The number of carbonyl (C=O) groups is 1. The molecule has 2 rings (SSSR count). The van der Waals surface area contributed by atoms with E-state index < -0.39 is 22.5 Å². The van der Waals surface area contributed by atoms with Gasteiger partial charge in [-0.3, -0.25) is 4.79 Å². The number of aromatic nitrogens is 2. The molecule has 0 fully saturated rings. The van der Waals surface area contributed by atoms with Crippen LogP contribution in [0.1, 0.15) is 36.3 Å². The minimum atomic E-state index is -1.34. The second-order valence-electron chi connectivity index (χ2n) is 6.23. The van der Waals surface area contributed by atoms with Gasteiger partial charge in [0.15, 0.2) is 0 Å². The van der Waals surface area contributed by atoms with Gasteiger partial charge in [-0.1, -0.05) is 18.2 Å². The maximum Gasteiger partial charge on any atom is 0.343 e. The summed E-state index contributed by atoms with van der Waals surface area (Å²) in [6.45, 7) is 5.19. The van der Waals surface area contributed by atoms with Gasteiger partial charge in [0.1, 0.15) is 5.56 Å². The predicted molar refractivity (Wildman–Crippen MR) is 91.0 cm³/mol. The highest BCUT2D eigenvalue weighted by Crippen LogP contribution is 2.20. The number of para-hydroxylation sites is 1. The second-order valence-corrected chi connectivity index (χ2v) is 6.23. The molecule has 1 aromatic heterocycles. The lowest BCUT2D eigenvalue weighted by Crippen LogP contribution is -2.29. The van der Waals surface area contributed by atoms with Gasteiger partial charge in [0.2, 0.25) is 0 Å². The first-order chi connectivity index (χ1) is 11.8. The van der Waals surface area contributed by atoms with Crippen molar-refractivity contribution in [3.8, 4) is 17.8 Å². The van der Waals surface area contributed by atoms with Crippen molar-refractivity contribution < 1.29 is 14.6 Å². The molecule has 0 aliphatic rings. The molecule has 2 aromatic rings. The van der Waals surface area contributed by atoms with Crippen molar-refractivity contribution in [2.24, 2.45) is 5.41 Å². The number of benzene rings is 1. The molecule has 0 aliphatic carbocycles. The van der Waals surface area contributed by atoms with Gasteiger partial charge in [0, 0.05) is 0 Å². The molecular formula is C18H19N3O4. The van der Waals surface area contributed by atoms with Gasteiger partial charge >= 0.3 is 12.0 Å². The Morgan fingerprint density at radius 3 is 2.56 bits per heavy atom. The number of aryl methyl sites for hydroxylation is 1. The molecule has 1 aromatic carbocycles. The number of rotatable bonds is 6. The van der Waals surface area contributed by atoms with E-state index in [0.29, 0.717) is 12.1 Å². The zero-order chi connectivity index (χ0) is 18.6. The summed E-state index contributed by atoms with van der Waals surface area (Å²) in [5.41, 5.74) is -1.14. The van der Waals surface area contributed by atoms with Gasteiger partial charge in [0.05, 0.1) is 29.5 Å². The smallest absolute Gasteiger partial charge is 0.343 e. The molecule has 0 saturated carbocycles. The van der Waals surface area contributed by atoms with Gasteiger partial charge < -0.3 is 9.84 Å². The average molecular weight is 341 g/mol. The Kier molecular flexibility index (Phi) is 5.22. The molecule has 0 spiro atoms. The van der Waals surface area contributed by atoms with Crippen molar-refractivity contribution in [2.75, 3.05) is 6.61 Å². The van der Waals surface area contributed by atoms with Crippen LogP contribution in [0.15, 0.2) is 35.1 Å². The van der Waals surface area contributed by atoms with Gasteiger partial charge in [0.25, 0.3) is 5.56 Å². The van der Waals surface area contributed by atoms with Crippen molar-refractivity contribution in [3.05, 3.63) is 51.9 Å². The van der Waals surface area contributed by atoms with E-state index in [1.807, 2.05) is 0 Å². The Bertz CT molecular complexity index is 880. The summed E-state index contributed by atoms with van der Waals surface area (Å²) < 4.78 is 6.77. The summed E-state index contributed by atoms with van der Waals surface area (Å²) in [6, 6.07) is 10.7. The van der Waals surface area contributed by atoms with Gasteiger partial charge in [-0.25, -0.2) is 14.3 Å². The Morgan fingerprint density at radius 2 is 2.00 bits per heavy atom.